The largest absolute Gasteiger partial charge is 0.497 e. The van der Waals surface area contributed by atoms with E-state index in [9.17, 15) is 8.78 Å². The minimum absolute atomic E-state index is 0.147. The minimum Gasteiger partial charge on any atom is -0.497 e. The summed E-state index contributed by atoms with van der Waals surface area (Å²) in [6.07, 6.45) is 0.147. The molecule has 21 heavy (non-hydrogen) atoms. The maximum absolute atomic E-state index is 13.7. The molecule has 5 heteroatoms. The van der Waals surface area contributed by atoms with Crippen LogP contribution in [-0.4, -0.2) is 14.2 Å². The topological polar surface area (TPSA) is 18.5 Å². The van der Waals surface area contributed by atoms with Gasteiger partial charge in [-0.1, -0.05) is 12.1 Å². The van der Waals surface area contributed by atoms with Crippen molar-refractivity contribution in [1.29, 1.82) is 0 Å². The van der Waals surface area contributed by atoms with Crippen LogP contribution in [0, 0.1) is 11.6 Å². The Balaban J connectivity index is 2.31. The fraction of sp³-hybridized carbons (Fsp3) is 0.250. The van der Waals surface area contributed by atoms with E-state index < -0.39 is 17.0 Å². The highest BCUT2D eigenvalue weighted by atomic mass is 35.5. The molecule has 1 unspecified atom stereocenters. The van der Waals surface area contributed by atoms with Crippen LogP contribution in [0.2, 0.25) is 0 Å². The molecule has 0 aliphatic heterocycles. The average molecular weight is 313 g/mol. The van der Waals surface area contributed by atoms with Crippen LogP contribution >= 0.6 is 11.6 Å². The fourth-order valence-electron chi connectivity index (χ4n) is 2.09. The Morgan fingerprint density at radius 1 is 1.10 bits per heavy atom. The van der Waals surface area contributed by atoms with Gasteiger partial charge in [-0.15, -0.1) is 11.6 Å². The van der Waals surface area contributed by atoms with Gasteiger partial charge in [-0.3, -0.25) is 0 Å². The van der Waals surface area contributed by atoms with E-state index in [0.717, 1.165) is 6.07 Å². The van der Waals surface area contributed by atoms with Gasteiger partial charge < -0.3 is 9.47 Å². The van der Waals surface area contributed by atoms with Gasteiger partial charge in [0, 0.05) is 5.56 Å². The second-order valence-corrected chi connectivity index (χ2v) is 5.02. The van der Waals surface area contributed by atoms with Crippen molar-refractivity contribution in [3.8, 4) is 11.5 Å². The van der Waals surface area contributed by atoms with E-state index in [1.807, 2.05) is 0 Å². The predicted molar refractivity (Wildman–Crippen MR) is 78.2 cm³/mol. The molecule has 0 saturated heterocycles. The molecule has 0 N–H and O–H groups in total. The lowest BCUT2D eigenvalue weighted by molar-refractivity contribution is 0.398. The summed E-state index contributed by atoms with van der Waals surface area (Å²) in [5.74, 6) is -0.553. The molecule has 0 aliphatic carbocycles. The first-order valence-electron chi connectivity index (χ1n) is 6.35. The van der Waals surface area contributed by atoms with E-state index in [-0.39, 0.29) is 12.0 Å². The SMILES string of the molecule is COc1ccc(OC)c(C(Cl)Cc2cccc(F)c2F)c1. The molecule has 0 bridgehead atoms. The summed E-state index contributed by atoms with van der Waals surface area (Å²) >= 11 is 6.35. The average Bonchev–Trinajstić information content (AvgIpc) is 2.51. The number of benzene rings is 2. The second-order valence-electron chi connectivity index (χ2n) is 4.49. The molecule has 0 spiro atoms. The van der Waals surface area contributed by atoms with Gasteiger partial charge in [0.05, 0.1) is 19.6 Å². The van der Waals surface area contributed by atoms with Crippen LogP contribution in [0.4, 0.5) is 8.78 Å². The van der Waals surface area contributed by atoms with Crippen molar-refractivity contribution < 1.29 is 18.3 Å². The molecule has 0 radical (unpaired) electrons. The fourth-order valence-corrected chi connectivity index (χ4v) is 2.43. The molecular weight excluding hydrogens is 298 g/mol. The summed E-state index contributed by atoms with van der Waals surface area (Å²) < 4.78 is 37.3. The monoisotopic (exact) mass is 312 g/mol. The molecule has 0 heterocycles. The van der Waals surface area contributed by atoms with Gasteiger partial charge in [-0.25, -0.2) is 8.78 Å². The molecule has 2 aromatic rings. The van der Waals surface area contributed by atoms with Crippen LogP contribution in [0.25, 0.3) is 0 Å². The Labute approximate surface area is 127 Å². The van der Waals surface area contributed by atoms with Crippen LogP contribution in [0.15, 0.2) is 36.4 Å². The maximum atomic E-state index is 13.7. The summed E-state index contributed by atoms with van der Waals surface area (Å²) in [6.45, 7) is 0. The summed E-state index contributed by atoms with van der Waals surface area (Å²) in [5.41, 5.74) is 0.891. The minimum atomic E-state index is -0.881. The zero-order valence-corrected chi connectivity index (χ0v) is 12.5. The Kier molecular flexibility index (Phi) is 5.02. The zero-order chi connectivity index (χ0) is 15.4. The first-order valence-corrected chi connectivity index (χ1v) is 6.79. The lowest BCUT2D eigenvalue weighted by atomic mass is 10.0. The van der Waals surface area contributed by atoms with Gasteiger partial charge >= 0.3 is 0 Å². The predicted octanol–water partition coefficient (Wildman–Crippen LogP) is 4.50. The number of halogens is 3. The van der Waals surface area contributed by atoms with Crippen LogP contribution in [0.1, 0.15) is 16.5 Å². The first kappa shape index (κ1) is 15.6. The van der Waals surface area contributed by atoms with E-state index in [4.69, 9.17) is 21.1 Å². The molecule has 2 aromatic carbocycles. The summed E-state index contributed by atoms with van der Waals surface area (Å²) in [6, 6.07) is 9.25. The van der Waals surface area contributed by atoms with Crippen molar-refractivity contribution in [2.24, 2.45) is 0 Å². The molecule has 1 atom stereocenters. The van der Waals surface area contributed by atoms with E-state index >= 15 is 0 Å². The van der Waals surface area contributed by atoms with Crippen molar-refractivity contribution in [2.75, 3.05) is 14.2 Å². The third-order valence-corrected chi connectivity index (χ3v) is 3.59. The highest BCUT2D eigenvalue weighted by molar-refractivity contribution is 6.21. The molecular formula is C16H15ClF2O2. The molecule has 112 valence electrons. The van der Waals surface area contributed by atoms with Crippen LogP contribution in [0.5, 0.6) is 11.5 Å². The second kappa shape index (κ2) is 6.76. The molecule has 0 fully saturated rings. The van der Waals surface area contributed by atoms with Gasteiger partial charge in [0.25, 0.3) is 0 Å². The standard InChI is InChI=1S/C16H15ClF2O2/c1-20-11-6-7-15(21-2)12(9-11)13(17)8-10-4-3-5-14(18)16(10)19/h3-7,9,13H,8H2,1-2H3. The Bertz CT molecular complexity index is 632. The van der Waals surface area contributed by atoms with Crippen LogP contribution in [0.3, 0.4) is 0 Å². The molecule has 0 aliphatic rings. The Hall–Kier alpha value is -1.81. The molecule has 2 rings (SSSR count). The first-order chi connectivity index (χ1) is 10.1. The third-order valence-electron chi connectivity index (χ3n) is 3.21. The lowest BCUT2D eigenvalue weighted by Crippen LogP contribution is -2.02. The van der Waals surface area contributed by atoms with Gasteiger partial charge in [-0.2, -0.15) is 0 Å². The number of hydrogen-bond acceptors (Lipinski definition) is 2. The van der Waals surface area contributed by atoms with Gasteiger partial charge in [0.15, 0.2) is 11.6 Å². The van der Waals surface area contributed by atoms with Crippen LogP contribution in [-0.2, 0) is 6.42 Å². The molecule has 0 saturated carbocycles. The van der Waals surface area contributed by atoms with E-state index in [1.165, 1.54) is 19.2 Å². The summed E-state index contributed by atoms with van der Waals surface area (Å²) in [4.78, 5) is 0. The summed E-state index contributed by atoms with van der Waals surface area (Å²) in [5, 5.41) is -0.564. The molecule has 0 amide bonds. The quantitative estimate of drug-likeness (QED) is 0.757. The summed E-state index contributed by atoms with van der Waals surface area (Å²) in [7, 11) is 3.07. The zero-order valence-electron chi connectivity index (χ0n) is 11.7. The maximum Gasteiger partial charge on any atom is 0.162 e. The third kappa shape index (κ3) is 3.45. The normalized spacial score (nSPS) is 12.0. The molecule has 2 nitrogen and oxygen atoms in total. The van der Waals surface area contributed by atoms with Crippen molar-refractivity contribution >= 4 is 11.6 Å². The van der Waals surface area contributed by atoms with E-state index in [2.05, 4.69) is 0 Å². The lowest BCUT2D eigenvalue weighted by Gasteiger charge is -2.15. The Morgan fingerprint density at radius 3 is 2.52 bits per heavy atom. The number of methoxy groups -OCH3 is 2. The van der Waals surface area contributed by atoms with Crippen LogP contribution < -0.4 is 9.47 Å². The number of ether oxygens (including phenoxy) is 2. The van der Waals surface area contributed by atoms with Crippen molar-refractivity contribution in [3.63, 3.8) is 0 Å². The number of alkyl halides is 1. The smallest absolute Gasteiger partial charge is 0.162 e. The van der Waals surface area contributed by atoms with E-state index in [0.29, 0.717) is 17.1 Å². The van der Waals surface area contributed by atoms with Crippen molar-refractivity contribution in [1.82, 2.24) is 0 Å². The van der Waals surface area contributed by atoms with E-state index in [1.54, 1.807) is 25.3 Å². The highest BCUT2D eigenvalue weighted by Crippen LogP contribution is 2.35. The highest BCUT2D eigenvalue weighted by Gasteiger charge is 2.18. The number of hydrogen-bond donors (Lipinski definition) is 0. The van der Waals surface area contributed by atoms with Gasteiger partial charge in [0.2, 0.25) is 0 Å². The Morgan fingerprint density at radius 2 is 1.86 bits per heavy atom. The van der Waals surface area contributed by atoms with Gasteiger partial charge in [-0.05, 0) is 36.2 Å². The van der Waals surface area contributed by atoms with Crippen molar-refractivity contribution in [2.45, 2.75) is 11.8 Å². The van der Waals surface area contributed by atoms with Crippen molar-refractivity contribution in [3.05, 3.63) is 59.2 Å². The van der Waals surface area contributed by atoms with Gasteiger partial charge in [0.1, 0.15) is 11.5 Å². The molecule has 0 aromatic heterocycles. The number of rotatable bonds is 5.